The van der Waals surface area contributed by atoms with E-state index in [4.69, 9.17) is 4.74 Å². The fourth-order valence-corrected chi connectivity index (χ4v) is 5.95. The smallest absolute Gasteiger partial charge is 0.226 e. The second-order valence-corrected chi connectivity index (χ2v) is 9.16. The molecule has 0 spiro atoms. The summed E-state index contributed by atoms with van der Waals surface area (Å²) in [7, 11) is 0. The zero-order valence-corrected chi connectivity index (χ0v) is 15.9. The van der Waals surface area contributed by atoms with Crippen molar-refractivity contribution in [2.24, 2.45) is 23.2 Å². The maximum Gasteiger partial charge on any atom is 0.226 e. The van der Waals surface area contributed by atoms with E-state index in [0.717, 1.165) is 48.3 Å². The molecule has 4 aliphatic carbocycles. The van der Waals surface area contributed by atoms with Gasteiger partial charge in [-0.25, -0.2) is 0 Å². The Balaban J connectivity index is 1.37. The number of aliphatic hydroxyl groups excluding tert-OH is 1. The van der Waals surface area contributed by atoms with Gasteiger partial charge in [0.15, 0.2) is 0 Å². The van der Waals surface area contributed by atoms with E-state index in [-0.39, 0.29) is 24.0 Å². The van der Waals surface area contributed by atoms with Gasteiger partial charge in [0, 0.05) is 12.0 Å². The maximum atomic E-state index is 13.0. The van der Waals surface area contributed by atoms with Crippen molar-refractivity contribution in [3.63, 3.8) is 0 Å². The van der Waals surface area contributed by atoms with Crippen molar-refractivity contribution in [1.29, 1.82) is 0 Å². The number of carbonyl (C=O) groups is 1. The number of benzene rings is 1. The molecule has 0 saturated heterocycles. The van der Waals surface area contributed by atoms with Crippen LogP contribution in [-0.4, -0.2) is 23.7 Å². The molecule has 0 heterocycles. The summed E-state index contributed by atoms with van der Waals surface area (Å²) < 4.78 is 5.70. The second kappa shape index (κ2) is 6.88. The number of aliphatic hydroxyl groups is 1. The molecule has 4 aliphatic rings. The van der Waals surface area contributed by atoms with Crippen LogP contribution in [0.15, 0.2) is 24.3 Å². The van der Waals surface area contributed by atoms with Crippen LogP contribution in [0.3, 0.4) is 0 Å². The molecule has 4 fully saturated rings. The largest absolute Gasteiger partial charge is 0.491 e. The first-order valence-electron chi connectivity index (χ1n) is 10.2. The molecule has 0 aliphatic heterocycles. The monoisotopic (exact) mass is 357 g/mol. The van der Waals surface area contributed by atoms with Crippen molar-refractivity contribution in [1.82, 2.24) is 5.32 Å². The lowest BCUT2D eigenvalue weighted by Gasteiger charge is -2.55. The Labute approximate surface area is 156 Å². The Morgan fingerprint density at radius 2 is 1.81 bits per heavy atom. The number of rotatable bonds is 6. The molecule has 142 valence electrons. The minimum Gasteiger partial charge on any atom is -0.491 e. The molecule has 1 aromatic carbocycles. The first kappa shape index (κ1) is 17.8. The number of amides is 1. The highest BCUT2D eigenvalue weighted by atomic mass is 16.5. The molecule has 2 N–H and O–H groups in total. The molecular weight excluding hydrogens is 326 g/mol. The highest BCUT2D eigenvalue weighted by Gasteiger charge is 2.54. The van der Waals surface area contributed by atoms with Gasteiger partial charge in [0.2, 0.25) is 5.91 Å². The zero-order chi connectivity index (χ0) is 18.3. The van der Waals surface area contributed by atoms with Crippen molar-refractivity contribution in [3.8, 4) is 5.75 Å². The van der Waals surface area contributed by atoms with Crippen LogP contribution in [0.4, 0.5) is 0 Å². The Morgan fingerprint density at radius 3 is 2.38 bits per heavy atom. The summed E-state index contributed by atoms with van der Waals surface area (Å²) in [6.07, 6.45) is 6.55. The van der Waals surface area contributed by atoms with Crippen molar-refractivity contribution in [3.05, 3.63) is 29.8 Å². The summed E-state index contributed by atoms with van der Waals surface area (Å²) in [5.41, 5.74) is 0.630. The lowest BCUT2D eigenvalue weighted by Crippen LogP contribution is -2.54. The van der Waals surface area contributed by atoms with Gasteiger partial charge >= 0.3 is 0 Å². The first-order valence-corrected chi connectivity index (χ1v) is 10.2. The van der Waals surface area contributed by atoms with Crippen LogP contribution >= 0.6 is 0 Å². The van der Waals surface area contributed by atoms with E-state index in [1.54, 1.807) is 0 Å². The molecule has 1 aromatic rings. The molecule has 1 amide bonds. The van der Waals surface area contributed by atoms with Gasteiger partial charge in [0.1, 0.15) is 5.75 Å². The fourth-order valence-electron chi connectivity index (χ4n) is 5.95. The van der Waals surface area contributed by atoms with Crippen LogP contribution in [0.5, 0.6) is 5.75 Å². The molecule has 0 radical (unpaired) electrons. The van der Waals surface area contributed by atoms with Crippen LogP contribution in [0.25, 0.3) is 0 Å². The maximum absolute atomic E-state index is 13.0. The lowest BCUT2D eigenvalue weighted by atomic mass is 9.49. The highest BCUT2D eigenvalue weighted by Crippen LogP contribution is 2.60. The molecule has 26 heavy (non-hydrogen) atoms. The zero-order valence-electron chi connectivity index (χ0n) is 15.9. The predicted molar refractivity (Wildman–Crippen MR) is 101 cm³/mol. The van der Waals surface area contributed by atoms with Gasteiger partial charge in [0.25, 0.3) is 0 Å². The van der Waals surface area contributed by atoms with Gasteiger partial charge < -0.3 is 15.2 Å². The second-order valence-electron chi connectivity index (χ2n) is 9.16. The fraction of sp³-hybridized carbons (Fsp3) is 0.682. The van der Waals surface area contributed by atoms with Gasteiger partial charge in [-0.1, -0.05) is 12.1 Å². The molecule has 0 aromatic heterocycles. The third kappa shape index (κ3) is 3.48. The van der Waals surface area contributed by atoms with E-state index >= 15 is 0 Å². The topological polar surface area (TPSA) is 58.6 Å². The van der Waals surface area contributed by atoms with E-state index in [2.05, 4.69) is 5.32 Å². The average Bonchev–Trinajstić information content (AvgIpc) is 2.57. The Kier molecular flexibility index (Phi) is 4.72. The molecule has 1 atom stereocenters. The minimum atomic E-state index is -0.705. The van der Waals surface area contributed by atoms with Crippen LogP contribution in [0.1, 0.15) is 64.0 Å². The van der Waals surface area contributed by atoms with E-state index in [0.29, 0.717) is 0 Å². The number of hydrogen-bond donors (Lipinski definition) is 2. The molecule has 4 nitrogen and oxygen atoms in total. The van der Waals surface area contributed by atoms with Gasteiger partial charge in [-0.05, 0) is 87.8 Å². The standard InChI is InChI=1S/C22H31NO3/c1-14(2)26-19-5-3-4-18(9-19)20(24)13-23-21(25)22-10-15-6-16(11-22)8-17(7-15)12-22/h3-5,9,14-17,20,24H,6-8,10-13H2,1-2H3,(H,23,25). The van der Waals surface area contributed by atoms with Crippen LogP contribution in [0.2, 0.25) is 0 Å². The molecule has 5 rings (SSSR count). The lowest BCUT2D eigenvalue weighted by molar-refractivity contribution is -0.146. The normalized spacial score (nSPS) is 33.3. The summed E-state index contributed by atoms with van der Waals surface area (Å²) >= 11 is 0. The Bertz CT molecular complexity index is 634. The van der Waals surface area contributed by atoms with Crippen LogP contribution in [0, 0.1) is 23.2 Å². The predicted octanol–water partition coefficient (Wildman–Crippen LogP) is 3.84. The molecular formula is C22H31NO3. The first-order chi connectivity index (χ1) is 12.4. The minimum absolute atomic E-state index is 0.0955. The Morgan fingerprint density at radius 1 is 1.19 bits per heavy atom. The third-order valence-corrected chi connectivity index (χ3v) is 6.59. The molecule has 1 unspecified atom stereocenters. The van der Waals surface area contributed by atoms with Gasteiger partial charge in [-0.3, -0.25) is 4.79 Å². The SMILES string of the molecule is CC(C)Oc1cccc(C(O)CNC(=O)C23CC4CC(CC(C4)C2)C3)c1. The summed E-state index contributed by atoms with van der Waals surface area (Å²) in [4.78, 5) is 13.0. The van der Waals surface area contributed by atoms with Gasteiger partial charge in [0.05, 0.1) is 12.2 Å². The molecule has 4 bridgehead atoms. The summed E-state index contributed by atoms with van der Waals surface area (Å²) in [6.45, 7) is 4.23. The van der Waals surface area contributed by atoms with Crippen molar-refractivity contribution >= 4 is 5.91 Å². The number of hydrogen-bond acceptors (Lipinski definition) is 3. The van der Waals surface area contributed by atoms with E-state index in [1.165, 1.54) is 19.3 Å². The van der Waals surface area contributed by atoms with Crippen molar-refractivity contribution < 1.29 is 14.6 Å². The third-order valence-electron chi connectivity index (χ3n) is 6.59. The highest BCUT2D eigenvalue weighted by molar-refractivity contribution is 5.83. The Hall–Kier alpha value is -1.55. The number of ether oxygens (including phenoxy) is 1. The quantitative estimate of drug-likeness (QED) is 0.813. The van der Waals surface area contributed by atoms with E-state index < -0.39 is 6.10 Å². The summed E-state index contributed by atoms with van der Waals surface area (Å²) in [5.74, 6) is 3.18. The van der Waals surface area contributed by atoms with Crippen molar-refractivity contribution in [2.75, 3.05) is 6.54 Å². The van der Waals surface area contributed by atoms with Gasteiger partial charge in [-0.2, -0.15) is 0 Å². The molecule has 4 saturated carbocycles. The van der Waals surface area contributed by atoms with Crippen molar-refractivity contribution in [2.45, 2.75) is 64.6 Å². The summed E-state index contributed by atoms with van der Waals surface area (Å²) in [5, 5.41) is 13.6. The average molecular weight is 357 g/mol. The summed E-state index contributed by atoms with van der Waals surface area (Å²) in [6, 6.07) is 7.53. The molecule has 4 heteroatoms. The van der Waals surface area contributed by atoms with Crippen LogP contribution < -0.4 is 10.1 Å². The number of carbonyl (C=O) groups excluding carboxylic acids is 1. The van der Waals surface area contributed by atoms with Crippen LogP contribution in [-0.2, 0) is 4.79 Å². The number of nitrogens with one attached hydrogen (secondary N) is 1. The van der Waals surface area contributed by atoms with E-state index in [9.17, 15) is 9.90 Å². The van der Waals surface area contributed by atoms with Gasteiger partial charge in [-0.15, -0.1) is 0 Å². The van der Waals surface area contributed by atoms with E-state index in [1.807, 2.05) is 38.1 Å².